The quantitative estimate of drug-likeness (QED) is 0.751. The Morgan fingerprint density at radius 1 is 1.33 bits per heavy atom. The van der Waals surface area contributed by atoms with E-state index in [0.717, 1.165) is 5.56 Å². The molecule has 1 amide bonds. The number of hydrogen-bond donors (Lipinski definition) is 1. The van der Waals surface area contributed by atoms with E-state index in [0.29, 0.717) is 25.8 Å². The number of hydrogen-bond acceptors (Lipinski definition) is 2. The van der Waals surface area contributed by atoms with Crippen LogP contribution in [0.5, 0.6) is 0 Å². The van der Waals surface area contributed by atoms with E-state index in [2.05, 4.69) is 0 Å². The van der Waals surface area contributed by atoms with Gasteiger partial charge in [-0.1, -0.05) is 37.3 Å². The molecule has 4 nitrogen and oxygen atoms in total. The molecule has 0 radical (unpaired) electrons. The van der Waals surface area contributed by atoms with Crippen LogP contribution in [0.2, 0.25) is 0 Å². The molecular formula is C14H19NO3. The number of carboxylic acids is 1. The second kappa shape index (κ2) is 6.19. The van der Waals surface area contributed by atoms with Crippen molar-refractivity contribution in [3.8, 4) is 0 Å². The van der Waals surface area contributed by atoms with E-state index in [4.69, 9.17) is 0 Å². The number of carbonyl (C=O) groups is 2. The highest BCUT2D eigenvalue weighted by molar-refractivity contribution is 5.82. The topological polar surface area (TPSA) is 57.6 Å². The predicted octanol–water partition coefficient (Wildman–Crippen LogP) is 1.94. The van der Waals surface area contributed by atoms with E-state index >= 15 is 0 Å². The van der Waals surface area contributed by atoms with E-state index in [1.165, 1.54) is 4.90 Å². The van der Waals surface area contributed by atoms with Gasteiger partial charge in [-0.25, -0.2) is 4.79 Å². The van der Waals surface area contributed by atoms with Crippen LogP contribution in [0.1, 0.15) is 25.8 Å². The van der Waals surface area contributed by atoms with Crippen molar-refractivity contribution >= 4 is 12.4 Å². The minimum Gasteiger partial charge on any atom is -0.479 e. The van der Waals surface area contributed by atoms with E-state index in [-0.39, 0.29) is 0 Å². The Hall–Kier alpha value is -1.84. The van der Waals surface area contributed by atoms with Crippen molar-refractivity contribution in [2.45, 2.75) is 32.2 Å². The Balaban J connectivity index is 3.12. The Morgan fingerprint density at radius 2 is 1.94 bits per heavy atom. The third kappa shape index (κ3) is 2.70. The van der Waals surface area contributed by atoms with Crippen molar-refractivity contribution < 1.29 is 14.7 Å². The van der Waals surface area contributed by atoms with E-state index in [9.17, 15) is 14.7 Å². The van der Waals surface area contributed by atoms with Crippen molar-refractivity contribution in [1.82, 2.24) is 4.90 Å². The maximum atomic E-state index is 11.6. The fourth-order valence-electron chi connectivity index (χ4n) is 2.19. The molecule has 0 saturated heterocycles. The summed E-state index contributed by atoms with van der Waals surface area (Å²) in [5, 5.41) is 9.52. The summed E-state index contributed by atoms with van der Waals surface area (Å²) in [6.45, 7) is 3.96. The maximum Gasteiger partial charge on any atom is 0.329 e. The van der Waals surface area contributed by atoms with Gasteiger partial charge in [-0.15, -0.1) is 0 Å². The number of likely N-dealkylation sites (N-methyl/N-ethyl adjacent to an activating group) is 1. The number of nitrogens with zero attached hydrogens (tertiary/aromatic N) is 1. The Morgan fingerprint density at radius 3 is 2.33 bits per heavy atom. The highest BCUT2D eigenvalue weighted by Crippen LogP contribution is 2.24. The maximum absolute atomic E-state index is 11.6. The lowest BCUT2D eigenvalue weighted by Gasteiger charge is -2.37. The van der Waals surface area contributed by atoms with Crippen molar-refractivity contribution in [2.75, 3.05) is 6.54 Å². The molecule has 0 bridgehead atoms. The van der Waals surface area contributed by atoms with Crippen LogP contribution in [0.4, 0.5) is 0 Å². The first-order chi connectivity index (χ1) is 8.60. The van der Waals surface area contributed by atoms with Crippen LogP contribution >= 0.6 is 0 Å². The second-order valence-corrected chi connectivity index (χ2v) is 4.24. The van der Waals surface area contributed by atoms with Crippen LogP contribution in [0.25, 0.3) is 0 Å². The number of aliphatic carboxylic acids is 1. The molecule has 0 heterocycles. The normalized spacial score (nSPS) is 13.7. The second-order valence-electron chi connectivity index (χ2n) is 4.24. The molecule has 1 unspecified atom stereocenters. The summed E-state index contributed by atoms with van der Waals surface area (Å²) in [6.07, 6.45) is 1.33. The number of amides is 1. The summed E-state index contributed by atoms with van der Waals surface area (Å²) in [4.78, 5) is 24.1. The summed E-state index contributed by atoms with van der Waals surface area (Å²) in [5.41, 5.74) is -0.236. The monoisotopic (exact) mass is 249 g/mol. The summed E-state index contributed by atoms with van der Waals surface area (Å²) in [7, 11) is 0. The van der Waals surface area contributed by atoms with Gasteiger partial charge in [0.25, 0.3) is 0 Å². The highest BCUT2D eigenvalue weighted by atomic mass is 16.4. The van der Waals surface area contributed by atoms with Crippen LogP contribution in [-0.2, 0) is 16.0 Å². The Kier molecular flexibility index (Phi) is 4.89. The SMILES string of the molecule is CCN(C=O)C(CC)(Cc1ccccc1)C(=O)O. The van der Waals surface area contributed by atoms with Gasteiger partial charge in [-0.3, -0.25) is 4.79 Å². The minimum atomic E-state index is -1.15. The molecule has 1 aromatic rings. The molecule has 0 aliphatic carbocycles. The molecule has 1 atom stereocenters. The lowest BCUT2D eigenvalue weighted by atomic mass is 9.86. The molecule has 0 fully saturated rings. The van der Waals surface area contributed by atoms with Crippen LogP contribution in [0.3, 0.4) is 0 Å². The molecule has 4 heteroatoms. The van der Waals surface area contributed by atoms with Crippen molar-refractivity contribution in [2.24, 2.45) is 0 Å². The number of carboxylic acid groups (broad SMARTS) is 1. The van der Waals surface area contributed by atoms with Crippen LogP contribution in [0, 0.1) is 0 Å². The zero-order valence-electron chi connectivity index (χ0n) is 10.8. The Bertz CT molecular complexity index is 405. The average Bonchev–Trinajstić information content (AvgIpc) is 2.39. The van der Waals surface area contributed by atoms with Gasteiger partial charge in [0.1, 0.15) is 5.54 Å². The number of benzene rings is 1. The first kappa shape index (κ1) is 14.2. The molecule has 0 aliphatic rings. The summed E-state index contributed by atoms with van der Waals surface area (Å²) >= 11 is 0. The van der Waals surface area contributed by atoms with Crippen molar-refractivity contribution in [3.05, 3.63) is 35.9 Å². The highest BCUT2D eigenvalue weighted by Gasteiger charge is 2.41. The minimum absolute atomic E-state index is 0.326. The first-order valence-electron chi connectivity index (χ1n) is 6.10. The number of carbonyl (C=O) groups excluding carboxylic acids is 1. The van der Waals surface area contributed by atoms with Gasteiger partial charge in [-0.05, 0) is 18.9 Å². The molecule has 1 aromatic carbocycles. The fourth-order valence-corrected chi connectivity index (χ4v) is 2.19. The molecular weight excluding hydrogens is 230 g/mol. The standard InChI is InChI=1S/C14H19NO3/c1-3-14(13(17)18,15(4-2)11-16)10-12-8-6-5-7-9-12/h5-9,11H,3-4,10H2,1-2H3,(H,17,18). The fraction of sp³-hybridized carbons (Fsp3) is 0.429. The van der Waals surface area contributed by atoms with Crippen LogP contribution < -0.4 is 0 Å². The van der Waals surface area contributed by atoms with Gasteiger partial charge in [0.15, 0.2) is 0 Å². The Labute approximate surface area is 107 Å². The van der Waals surface area contributed by atoms with Crippen LogP contribution in [-0.4, -0.2) is 34.5 Å². The molecule has 0 saturated carbocycles. The summed E-state index contributed by atoms with van der Waals surface area (Å²) in [5.74, 6) is -0.956. The molecule has 0 spiro atoms. The smallest absolute Gasteiger partial charge is 0.329 e. The average molecular weight is 249 g/mol. The van der Waals surface area contributed by atoms with Crippen LogP contribution in [0.15, 0.2) is 30.3 Å². The largest absolute Gasteiger partial charge is 0.479 e. The van der Waals surface area contributed by atoms with Gasteiger partial charge in [0.05, 0.1) is 0 Å². The summed E-state index contributed by atoms with van der Waals surface area (Å²) in [6, 6.07) is 9.39. The molecule has 0 aromatic heterocycles. The van der Waals surface area contributed by atoms with Gasteiger partial charge >= 0.3 is 5.97 Å². The molecule has 1 N–H and O–H groups in total. The molecule has 18 heavy (non-hydrogen) atoms. The van der Waals surface area contributed by atoms with E-state index in [1.807, 2.05) is 30.3 Å². The molecule has 1 rings (SSSR count). The van der Waals surface area contributed by atoms with Crippen molar-refractivity contribution in [1.29, 1.82) is 0 Å². The van der Waals surface area contributed by atoms with Gasteiger partial charge < -0.3 is 10.0 Å². The number of rotatable bonds is 7. The van der Waals surface area contributed by atoms with Gasteiger partial charge in [0, 0.05) is 13.0 Å². The predicted molar refractivity (Wildman–Crippen MR) is 69.2 cm³/mol. The van der Waals surface area contributed by atoms with Gasteiger partial charge in [0.2, 0.25) is 6.41 Å². The molecule has 98 valence electrons. The van der Waals surface area contributed by atoms with E-state index < -0.39 is 11.5 Å². The zero-order chi connectivity index (χ0) is 13.6. The van der Waals surface area contributed by atoms with Gasteiger partial charge in [-0.2, -0.15) is 0 Å². The third-order valence-electron chi connectivity index (χ3n) is 3.34. The third-order valence-corrected chi connectivity index (χ3v) is 3.34. The van der Waals surface area contributed by atoms with E-state index in [1.54, 1.807) is 13.8 Å². The van der Waals surface area contributed by atoms with Crippen molar-refractivity contribution in [3.63, 3.8) is 0 Å². The molecule has 0 aliphatic heterocycles. The lowest BCUT2D eigenvalue weighted by Crippen LogP contribution is -2.55. The lowest BCUT2D eigenvalue weighted by molar-refractivity contribution is -0.155. The zero-order valence-corrected chi connectivity index (χ0v) is 10.8. The first-order valence-corrected chi connectivity index (χ1v) is 6.10. The summed E-state index contributed by atoms with van der Waals surface area (Å²) < 4.78 is 0.